The van der Waals surface area contributed by atoms with E-state index in [0.717, 1.165) is 4.90 Å². The molecule has 0 aromatic rings. The van der Waals surface area contributed by atoms with Crippen LogP contribution in [0.4, 0.5) is 13.2 Å². The molecule has 0 aromatic carbocycles. The van der Waals surface area contributed by atoms with Crippen LogP contribution in [0.5, 0.6) is 0 Å². The zero-order chi connectivity index (χ0) is 16.2. The van der Waals surface area contributed by atoms with Gasteiger partial charge in [0.2, 0.25) is 5.91 Å². The molecule has 0 radical (unpaired) electrons. The first-order chi connectivity index (χ1) is 9.62. The quantitative estimate of drug-likeness (QED) is 0.738. The van der Waals surface area contributed by atoms with Crippen LogP contribution in [0.15, 0.2) is 12.2 Å². The number of hydrogen-bond donors (Lipinski definition) is 0. The molecule has 0 N–H and O–H groups in total. The van der Waals surface area contributed by atoms with Crippen molar-refractivity contribution in [3.05, 3.63) is 12.2 Å². The fourth-order valence-electron chi connectivity index (χ4n) is 2.28. The third kappa shape index (κ3) is 5.32. The Labute approximate surface area is 124 Å². The van der Waals surface area contributed by atoms with Crippen LogP contribution in [0, 0.1) is 0 Å². The highest BCUT2D eigenvalue weighted by molar-refractivity contribution is 5.88. The predicted octanol–water partition coefficient (Wildman–Crippen LogP) is 1.59. The molecule has 0 aromatic heterocycles. The van der Waals surface area contributed by atoms with E-state index in [1.807, 2.05) is 32.8 Å². The number of likely N-dealkylation sites (N-methyl/N-ethyl adjacent to an activating group) is 1. The van der Waals surface area contributed by atoms with Crippen LogP contribution in [0.2, 0.25) is 0 Å². The number of hydrogen-bond acceptors (Lipinski definition) is 3. The number of carbonyl (C=O) groups is 1. The van der Waals surface area contributed by atoms with Crippen LogP contribution >= 0.6 is 0 Å². The normalized spacial score (nSPS) is 21.8. The summed E-state index contributed by atoms with van der Waals surface area (Å²) in [6.07, 6.45) is -1.58. The molecule has 122 valence electrons. The smallest absolute Gasteiger partial charge is 0.324 e. The van der Waals surface area contributed by atoms with E-state index in [1.54, 1.807) is 11.0 Å². The summed E-state index contributed by atoms with van der Waals surface area (Å²) >= 11 is 0. The molecule has 1 atom stereocenters. The number of piperazine rings is 1. The Balaban J connectivity index is 2.79. The minimum atomic E-state index is -4.40. The summed E-state index contributed by atoms with van der Waals surface area (Å²) in [6, 6.07) is -1.69. The topological polar surface area (TPSA) is 26.8 Å². The predicted molar refractivity (Wildman–Crippen MR) is 76.0 cm³/mol. The molecule has 1 amide bonds. The van der Waals surface area contributed by atoms with Gasteiger partial charge in [0.05, 0.1) is 0 Å². The van der Waals surface area contributed by atoms with E-state index < -0.39 is 18.1 Å². The third-order valence-electron chi connectivity index (χ3n) is 3.53. The van der Waals surface area contributed by atoms with E-state index in [1.165, 1.54) is 6.08 Å². The zero-order valence-electron chi connectivity index (χ0n) is 13.0. The average Bonchev–Trinajstić information content (AvgIpc) is 2.36. The first kappa shape index (κ1) is 18.0. The molecule has 0 bridgehead atoms. The van der Waals surface area contributed by atoms with Crippen molar-refractivity contribution in [3.63, 3.8) is 0 Å². The Bertz CT molecular complexity index is 380. The minimum Gasteiger partial charge on any atom is -0.324 e. The van der Waals surface area contributed by atoms with E-state index in [0.29, 0.717) is 13.1 Å². The molecule has 1 saturated heterocycles. The summed E-state index contributed by atoms with van der Waals surface area (Å²) in [4.78, 5) is 16.5. The molecule has 1 aliphatic rings. The number of nitrogens with zero attached hydrogens (tertiary/aromatic N) is 3. The van der Waals surface area contributed by atoms with Crippen molar-refractivity contribution in [1.29, 1.82) is 0 Å². The molecular weight excluding hydrogens is 283 g/mol. The monoisotopic (exact) mass is 307 g/mol. The van der Waals surface area contributed by atoms with Crippen LogP contribution in [0.1, 0.15) is 13.8 Å². The fourth-order valence-corrected chi connectivity index (χ4v) is 2.28. The second kappa shape index (κ2) is 7.26. The number of rotatable bonds is 4. The maximum Gasteiger partial charge on any atom is 0.410 e. The maximum absolute atomic E-state index is 13.2. The second-order valence-corrected chi connectivity index (χ2v) is 5.84. The highest BCUT2D eigenvalue weighted by atomic mass is 19.4. The number of halogens is 3. The molecule has 1 aliphatic heterocycles. The van der Waals surface area contributed by atoms with Crippen LogP contribution < -0.4 is 0 Å². The van der Waals surface area contributed by atoms with Crippen molar-refractivity contribution in [3.8, 4) is 0 Å². The molecule has 1 heterocycles. The van der Waals surface area contributed by atoms with E-state index in [2.05, 4.69) is 0 Å². The molecule has 7 heteroatoms. The Hall–Kier alpha value is -1.08. The highest BCUT2D eigenvalue weighted by Gasteiger charge is 2.47. The Morgan fingerprint density at radius 3 is 2.43 bits per heavy atom. The van der Waals surface area contributed by atoms with Gasteiger partial charge in [0, 0.05) is 38.3 Å². The lowest BCUT2D eigenvalue weighted by atomic mass is 10.1. The van der Waals surface area contributed by atoms with Crippen molar-refractivity contribution in [1.82, 2.24) is 14.7 Å². The molecule has 1 fully saturated rings. The minimum absolute atomic E-state index is 0.0383. The summed E-state index contributed by atoms with van der Waals surface area (Å²) in [5.41, 5.74) is 0. The number of carbonyl (C=O) groups excluding carboxylic acids is 1. The molecule has 0 unspecified atom stereocenters. The van der Waals surface area contributed by atoms with E-state index in [9.17, 15) is 18.0 Å². The molecule has 0 aliphatic carbocycles. The van der Waals surface area contributed by atoms with Gasteiger partial charge in [-0.25, -0.2) is 0 Å². The SMILES string of the molecule is CC(C)N1CCN(C(=O)/C=C/CN(C)C)[C@H](C(F)(F)F)C1. The van der Waals surface area contributed by atoms with Crippen molar-refractivity contribution in [2.45, 2.75) is 32.1 Å². The van der Waals surface area contributed by atoms with Crippen LogP contribution in [0.25, 0.3) is 0 Å². The molecular formula is C14H24F3N3O. The molecule has 0 spiro atoms. The van der Waals surface area contributed by atoms with E-state index in [-0.39, 0.29) is 19.1 Å². The van der Waals surface area contributed by atoms with Crippen LogP contribution in [-0.4, -0.2) is 79.1 Å². The van der Waals surface area contributed by atoms with E-state index in [4.69, 9.17) is 0 Å². The van der Waals surface area contributed by atoms with Crippen molar-refractivity contribution in [2.75, 3.05) is 40.3 Å². The lowest BCUT2D eigenvalue weighted by Crippen LogP contribution is -2.61. The lowest BCUT2D eigenvalue weighted by Gasteiger charge is -2.43. The van der Waals surface area contributed by atoms with Gasteiger partial charge in [-0.05, 0) is 27.9 Å². The highest BCUT2D eigenvalue weighted by Crippen LogP contribution is 2.28. The van der Waals surface area contributed by atoms with Crippen LogP contribution in [0.3, 0.4) is 0 Å². The Kier molecular flexibility index (Phi) is 6.22. The lowest BCUT2D eigenvalue weighted by molar-refractivity contribution is -0.200. The van der Waals surface area contributed by atoms with Gasteiger partial charge in [0.15, 0.2) is 0 Å². The van der Waals surface area contributed by atoms with Crippen LogP contribution in [-0.2, 0) is 4.79 Å². The summed E-state index contributed by atoms with van der Waals surface area (Å²) < 4.78 is 39.6. The fraction of sp³-hybridized carbons (Fsp3) is 0.786. The van der Waals surface area contributed by atoms with Gasteiger partial charge >= 0.3 is 6.18 Å². The standard InChI is InChI=1S/C14H24F3N3O/c1-11(2)19-8-9-20(12(10-19)14(15,16)17)13(21)6-5-7-18(3)4/h5-6,11-12H,7-10H2,1-4H3/b6-5+/t12-/m0/s1. The van der Waals surface area contributed by atoms with Crippen molar-refractivity contribution in [2.24, 2.45) is 0 Å². The van der Waals surface area contributed by atoms with Gasteiger partial charge < -0.3 is 9.80 Å². The van der Waals surface area contributed by atoms with Crippen molar-refractivity contribution >= 4 is 5.91 Å². The maximum atomic E-state index is 13.2. The number of alkyl halides is 3. The van der Waals surface area contributed by atoms with Gasteiger partial charge in [-0.2, -0.15) is 13.2 Å². The number of amides is 1. The van der Waals surface area contributed by atoms with E-state index >= 15 is 0 Å². The molecule has 4 nitrogen and oxygen atoms in total. The summed E-state index contributed by atoms with van der Waals surface area (Å²) in [7, 11) is 3.66. The Morgan fingerprint density at radius 1 is 1.33 bits per heavy atom. The molecule has 0 saturated carbocycles. The molecule has 21 heavy (non-hydrogen) atoms. The molecule has 1 rings (SSSR count). The Morgan fingerprint density at radius 2 is 1.95 bits per heavy atom. The zero-order valence-corrected chi connectivity index (χ0v) is 13.0. The van der Waals surface area contributed by atoms with Gasteiger partial charge in [0.25, 0.3) is 0 Å². The second-order valence-electron chi connectivity index (χ2n) is 5.84. The first-order valence-electron chi connectivity index (χ1n) is 7.05. The van der Waals surface area contributed by atoms with Gasteiger partial charge in [0.1, 0.15) is 6.04 Å². The third-order valence-corrected chi connectivity index (χ3v) is 3.53. The van der Waals surface area contributed by atoms with Crippen molar-refractivity contribution < 1.29 is 18.0 Å². The van der Waals surface area contributed by atoms with Gasteiger partial charge in [-0.15, -0.1) is 0 Å². The summed E-state index contributed by atoms with van der Waals surface area (Å²) in [5.74, 6) is -0.567. The van der Waals surface area contributed by atoms with Gasteiger partial charge in [-0.1, -0.05) is 6.08 Å². The first-order valence-corrected chi connectivity index (χ1v) is 7.05. The largest absolute Gasteiger partial charge is 0.410 e. The summed E-state index contributed by atoms with van der Waals surface area (Å²) in [6.45, 7) is 4.66. The average molecular weight is 307 g/mol. The summed E-state index contributed by atoms with van der Waals surface area (Å²) in [5, 5.41) is 0. The van der Waals surface area contributed by atoms with Gasteiger partial charge in [-0.3, -0.25) is 9.69 Å².